The quantitative estimate of drug-likeness (QED) is 0.212. The number of likely N-dealkylation sites (tertiary alicyclic amines) is 2. The standard InChI is InChI=1S/C37H59F2N7O2/c1-6-10-29-32(30(14-19-44(29)16-7-2)45-17-12-25(13-18-45)35(48)46-22-27(39)23-46)43-34(47)31-28(11-9-15-41-33(31)40)42-21-26(38)20-37(5)24-36(37,4)8-3/h14,19-21,25,27-29,31-33,41H,6-13,15-18,22-24,40H2,1-5H3/p+1. The van der Waals surface area contributed by atoms with Gasteiger partial charge in [0.25, 0.3) is 0 Å². The molecule has 4 aliphatic heterocycles. The molecule has 0 radical (unpaired) electrons. The van der Waals surface area contributed by atoms with Crippen LogP contribution in [0.4, 0.5) is 8.78 Å². The number of halogens is 2. The molecule has 7 atom stereocenters. The number of nitrogens with zero attached hydrogens (tertiary/aromatic N) is 4. The second-order valence-corrected chi connectivity index (χ2v) is 15.5. The Morgan fingerprint density at radius 1 is 1.17 bits per heavy atom. The van der Waals surface area contributed by atoms with Crippen LogP contribution in [0.25, 0.3) is 0 Å². The van der Waals surface area contributed by atoms with Gasteiger partial charge in [0.1, 0.15) is 24.6 Å². The van der Waals surface area contributed by atoms with Gasteiger partial charge >= 0.3 is 0 Å². The molecule has 9 nitrogen and oxygen atoms in total. The molecule has 0 aromatic heterocycles. The number of nitrogens with two attached hydrogens (primary N) is 1. The zero-order chi connectivity index (χ0) is 34.6. The van der Waals surface area contributed by atoms with Crippen LogP contribution in [0.2, 0.25) is 0 Å². The summed E-state index contributed by atoms with van der Waals surface area (Å²) in [5.41, 5.74) is 7.61. The van der Waals surface area contributed by atoms with Gasteiger partial charge in [-0.3, -0.25) is 14.6 Å². The minimum absolute atomic E-state index is 0.0604. The number of nitrogens with one attached hydrogen (secondary N) is 2. The summed E-state index contributed by atoms with van der Waals surface area (Å²) in [5.74, 6) is -1.23. The molecule has 0 aromatic carbocycles. The van der Waals surface area contributed by atoms with E-state index in [2.05, 4.69) is 72.0 Å². The summed E-state index contributed by atoms with van der Waals surface area (Å²) in [6, 6.07) is -0.669. The van der Waals surface area contributed by atoms with Crippen LogP contribution in [0.5, 0.6) is 0 Å². The molecule has 4 fully saturated rings. The lowest BCUT2D eigenvalue weighted by Crippen LogP contribution is -2.60. The Labute approximate surface area is 286 Å². The molecule has 4 heterocycles. The van der Waals surface area contributed by atoms with Crippen LogP contribution in [0.1, 0.15) is 92.4 Å². The van der Waals surface area contributed by atoms with Crippen LogP contribution < -0.4 is 16.4 Å². The third-order valence-corrected chi connectivity index (χ3v) is 12.1. The average Bonchev–Trinajstić information content (AvgIpc) is 3.66. The summed E-state index contributed by atoms with van der Waals surface area (Å²) >= 11 is 0. The number of hydrogen-bond donors (Lipinski definition) is 3. The van der Waals surface area contributed by atoms with E-state index in [0.717, 1.165) is 50.8 Å². The summed E-state index contributed by atoms with van der Waals surface area (Å²) in [7, 11) is 0. The highest BCUT2D eigenvalue weighted by Gasteiger charge is 2.58. The van der Waals surface area contributed by atoms with E-state index in [0.29, 0.717) is 38.9 Å². The molecular formula is C37H60F2N7O2+. The minimum Gasteiger partial charge on any atom is -0.373 e. The van der Waals surface area contributed by atoms with Crippen LogP contribution >= 0.6 is 0 Å². The molecule has 268 valence electrons. The summed E-state index contributed by atoms with van der Waals surface area (Å²) in [5, 5.41) is 6.75. The van der Waals surface area contributed by atoms with Gasteiger partial charge < -0.3 is 26.2 Å². The van der Waals surface area contributed by atoms with Crippen LogP contribution in [0.3, 0.4) is 0 Å². The van der Waals surface area contributed by atoms with Crippen LogP contribution in [-0.2, 0) is 9.59 Å². The fraction of sp³-hybridized carbons (Fsp3) is 0.784. The molecule has 48 heavy (non-hydrogen) atoms. The van der Waals surface area contributed by atoms with Crippen molar-refractivity contribution in [2.24, 2.45) is 33.4 Å². The van der Waals surface area contributed by atoms with Crippen LogP contribution in [-0.4, -0.2) is 108 Å². The number of aliphatic imine (C=N–C) groups is 1. The number of rotatable bonds is 12. The summed E-state index contributed by atoms with van der Waals surface area (Å²) in [6.45, 7) is 14.1. The topological polar surface area (TPSA) is 106 Å². The number of piperidine rings is 1. The number of hydrogen-bond acceptors (Lipinski definition) is 6. The molecule has 0 aromatic rings. The van der Waals surface area contributed by atoms with E-state index in [9.17, 15) is 14.0 Å². The van der Waals surface area contributed by atoms with Crippen molar-refractivity contribution in [2.45, 2.75) is 123 Å². The Balaban J connectivity index is 1.34. The first-order valence-electron chi connectivity index (χ1n) is 18.6. The molecule has 3 saturated heterocycles. The Morgan fingerprint density at radius 3 is 2.52 bits per heavy atom. The van der Waals surface area contributed by atoms with Crippen molar-refractivity contribution in [1.29, 1.82) is 0 Å². The van der Waals surface area contributed by atoms with Gasteiger partial charge in [-0.15, -0.1) is 0 Å². The van der Waals surface area contributed by atoms with E-state index in [1.165, 1.54) is 6.21 Å². The van der Waals surface area contributed by atoms with E-state index in [1.54, 1.807) is 11.0 Å². The first-order valence-corrected chi connectivity index (χ1v) is 18.6. The number of allylic oxidation sites excluding steroid dienone is 3. The number of alkyl halides is 1. The maximum absolute atomic E-state index is 15.2. The van der Waals surface area contributed by atoms with E-state index < -0.39 is 24.3 Å². The molecule has 0 bridgehead atoms. The monoisotopic (exact) mass is 672 g/mol. The third-order valence-electron chi connectivity index (χ3n) is 12.1. The largest absolute Gasteiger partial charge is 0.373 e. The van der Waals surface area contributed by atoms with Crippen molar-refractivity contribution in [3.63, 3.8) is 0 Å². The molecule has 7 unspecified atom stereocenters. The molecule has 1 aliphatic carbocycles. The van der Waals surface area contributed by atoms with E-state index in [-0.39, 0.29) is 59.6 Å². The van der Waals surface area contributed by atoms with Crippen molar-refractivity contribution in [2.75, 3.05) is 39.3 Å². The van der Waals surface area contributed by atoms with E-state index >= 15 is 4.39 Å². The summed E-state index contributed by atoms with van der Waals surface area (Å²) in [4.78, 5) is 36.0. The molecule has 2 amide bonds. The van der Waals surface area contributed by atoms with E-state index in [1.807, 2.05) is 0 Å². The molecule has 5 aliphatic rings. The SMILES string of the molecule is CCCC1C(NC(=O)C2C(N=CC(F)=CC3(C)CC3(C)CC)CCCNC2N)C(N2CCC(C(=O)N3CC(F)C3)CC2)=CC=[N+]1CCC. The van der Waals surface area contributed by atoms with Gasteiger partial charge in [0, 0.05) is 43.6 Å². The maximum Gasteiger partial charge on any atom is 0.228 e. The van der Waals surface area contributed by atoms with Crippen molar-refractivity contribution >= 4 is 24.2 Å². The Kier molecular flexibility index (Phi) is 11.8. The highest BCUT2D eigenvalue weighted by molar-refractivity contribution is 5.83. The Morgan fingerprint density at radius 2 is 1.90 bits per heavy atom. The van der Waals surface area contributed by atoms with Gasteiger partial charge in [0.2, 0.25) is 11.8 Å². The van der Waals surface area contributed by atoms with Crippen molar-refractivity contribution in [3.05, 3.63) is 23.7 Å². The number of carbonyl (C=O) groups is 2. The molecular weight excluding hydrogens is 612 g/mol. The smallest absolute Gasteiger partial charge is 0.228 e. The first kappa shape index (κ1) is 36.6. The van der Waals surface area contributed by atoms with Gasteiger partial charge in [0.15, 0.2) is 12.3 Å². The fourth-order valence-corrected chi connectivity index (χ4v) is 8.53. The fourth-order valence-electron chi connectivity index (χ4n) is 8.53. The van der Waals surface area contributed by atoms with Crippen LogP contribution in [0.15, 0.2) is 28.7 Å². The van der Waals surface area contributed by atoms with E-state index in [4.69, 9.17) is 5.73 Å². The molecule has 0 spiro atoms. The van der Waals surface area contributed by atoms with Gasteiger partial charge in [-0.1, -0.05) is 34.6 Å². The lowest BCUT2D eigenvalue weighted by atomic mass is 9.89. The number of amides is 2. The average molecular weight is 673 g/mol. The van der Waals surface area contributed by atoms with Gasteiger partial charge in [-0.2, -0.15) is 0 Å². The zero-order valence-electron chi connectivity index (χ0n) is 29.9. The lowest BCUT2D eigenvalue weighted by molar-refractivity contribution is -0.566. The Hall–Kier alpha value is -2.66. The van der Waals surface area contributed by atoms with Crippen molar-refractivity contribution in [3.8, 4) is 0 Å². The lowest BCUT2D eigenvalue weighted by Gasteiger charge is -2.42. The Bertz CT molecular complexity index is 1290. The second-order valence-electron chi connectivity index (χ2n) is 15.5. The molecule has 4 N–H and O–H groups in total. The normalized spacial score (nSPS) is 35.2. The number of carbonyl (C=O) groups excluding carboxylic acids is 2. The van der Waals surface area contributed by atoms with Crippen LogP contribution in [0, 0.1) is 22.7 Å². The molecule has 11 heteroatoms. The van der Waals surface area contributed by atoms with Gasteiger partial charge in [-0.05, 0) is 68.4 Å². The highest BCUT2D eigenvalue weighted by Crippen LogP contribution is 2.66. The van der Waals surface area contributed by atoms with Gasteiger partial charge in [-0.25, -0.2) is 13.4 Å². The first-order chi connectivity index (χ1) is 22.9. The predicted octanol–water partition coefficient (Wildman–Crippen LogP) is 4.33. The second kappa shape index (κ2) is 15.5. The minimum atomic E-state index is -0.899. The maximum atomic E-state index is 15.2. The predicted molar refractivity (Wildman–Crippen MR) is 187 cm³/mol. The van der Waals surface area contributed by atoms with Crippen molar-refractivity contribution in [1.82, 2.24) is 20.4 Å². The summed E-state index contributed by atoms with van der Waals surface area (Å²) < 4.78 is 31.0. The molecule has 1 saturated carbocycles. The zero-order valence-corrected chi connectivity index (χ0v) is 29.9. The van der Waals surface area contributed by atoms with Crippen molar-refractivity contribution < 1.29 is 22.9 Å². The highest BCUT2D eigenvalue weighted by atomic mass is 19.1. The summed E-state index contributed by atoms with van der Waals surface area (Å²) in [6.07, 6.45) is 13.4. The molecule has 5 rings (SSSR count). The third kappa shape index (κ3) is 7.87. The van der Waals surface area contributed by atoms with Gasteiger partial charge in [0.05, 0.1) is 37.4 Å².